The summed E-state index contributed by atoms with van der Waals surface area (Å²) < 4.78 is 4.75. The van der Waals surface area contributed by atoms with Crippen LogP contribution in [0.15, 0.2) is 47.1 Å². The first-order valence-electron chi connectivity index (χ1n) is 4.01. The van der Waals surface area contributed by atoms with E-state index >= 15 is 0 Å². The SMILES string of the molecule is C#Cc1ccco1.c1cc2cc-2c1. The van der Waals surface area contributed by atoms with E-state index in [9.17, 15) is 0 Å². The van der Waals surface area contributed by atoms with Crippen molar-refractivity contribution in [1.29, 1.82) is 0 Å². The predicted molar refractivity (Wildman–Crippen MR) is 52.1 cm³/mol. The van der Waals surface area contributed by atoms with E-state index in [0.717, 1.165) is 0 Å². The van der Waals surface area contributed by atoms with Crippen LogP contribution in [0.5, 0.6) is 0 Å². The van der Waals surface area contributed by atoms with Crippen LogP contribution in [0.1, 0.15) is 5.76 Å². The molecular formula is C12H8O. The van der Waals surface area contributed by atoms with Crippen molar-refractivity contribution in [2.24, 2.45) is 0 Å². The van der Waals surface area contributed by atoms with Crippen molar-refractivity contribution in [3.63, 3.8) is 0 Å². The Kier molecular flexibility index (Phi) is 1.90. The van der Waals surface area contributed by atoms with E-state index < -0.39 is 0 Å². The zero-order chi connectivity index (χ0) is 9.10. The lowest BCUT2D eigenvalue weighted by molar-refractivity contribution is 0.554. The van der Waals surface area contributed by atoms with Crippen LogP contribution >= 0.6 is 0 Å². The molecule has 0 saturated heterocycles. The van der Waals surface area contributed by atoms with Crippen LogP contribution in [0.2, 0.25) is 0 Å². The minimum absolute atomic E-state index is 0.583. The highest BCUT2D eigenvalue weighted by atomic mass is 16.3. The van der Waals surface area contributed by atoms with Gasteiger partial charge in [0.05, 0.1) is 6.26 Å². The first-order valence-corrected chi connectivity index (χ1v) is 4.01. The Morgan fingerprint density at radius 3 is 2.08 bits per heavy atom. The predicted octanol–water partition coefficient (Wildman–Crippen LogP) is 2.93. The maximum absolute atomic E-state index is 4.95. The van der Waals surface area contributed by atoms with Crippen LogP contribution in [-0.2, 0) is 0 Å². The fourth-order valence-electron chi connectivity index (χ4n) is 1.04. The lowest BCUT2D eigenvalue weighted by atomic mass is 10.5. The van der Waals surface area contributed by atoms with Gasteiger partial charge in [0, 0.05) is 0 Å². The van der Waals surface area contributed by atoms with E-state index in [-0.39, 0.29) is 0 Å². The van der Waals surface area contributed by atoms with Gasteiger partial charge in [-0.3, -0.25) is 0 Å². The molecule has 62 valence electrons. The van der Waals surface area contributed by atoms with E-state index in [4.69, 9.17) is 10.8 Å². The Hall–Kier alpha value is -1.94. The van der Waals surface area contributed by atoms with E-state index in [1.807, 2.05) is 0 Å². The van der Waals surface area contributed by atoms with Crippen molar-refractivity contribution in [3.05, 3.63) is 48.4 Å². The molecule has 1 heterocycles. The summed E-state index contributed by atoms with van der Waals surface area (Å²) in [5.74, 6) is 2.92. The number of hydrogen-bond acceptors (Lipinski definition) is 1. The summed E-state index contributed by atoms with van der Waals surface area (Å²) in [6.45, 7) is 0. The quantitative estimate of drug-likeness (QED) is 0.470. The molecule has 1 aromatic rings. The van der Waals surface area contributed by atoms with Crippen LogP contribution in [0, 0.1) is 12.3 Å². The van der Waals surface area contributed by atoms with E-state index in [1.54, 1.807) is 18.4 Å². The van der Waals surface area contributed by atoms with Crippen molar-refractivity contribution in [2.45, 2.75) is 0 Å². The largest absolute Gasteiger partial charge is 0.456 e. The molecule has 0 spiro atoms. The van der Waals surface area contributed by atoms with Crippen LogP contribution < -0.4 is 0 Å². The zero-order valence-electron chi connectivity index (χ0n) is 7.03. The first kappa shape index (κ1) is 7.70. The van der Waals surface area contributed by atoms with Crippen LogP contribution in [0.4, 0.5) is 0 Å². The van der Waals surface area contributed by atoms with Gasteiger partial charge in [-0.1, -0.05) is 18.2 Å². The smallest absolute Gasteiger partial charge is 0.176 e. The Labute approximate surface area is 77.0 Å². The molecule has 0 amide bonds. The molecule has 0 N–H and O–H groups in total. The maximum Gasteiger partial charge on any atom is 0.176 e. The topological polar surface area (TPSA) is 13.1 Å². The summed E-state index contributed by atoms with van der Waals surface area (Å²) >= 11 is 0. The van der Waals surface area contributed by atoms with Gasteiger partial charge in [0.2, 0.25) is 0 Å². The van der Waals surface area contributed by atoms with Crippen LogP contribution in [0.3, 0.4) is 0 Å². The van der Waals surface area contributed by atoms with Gasteiger partial charge < -0.3 is 4.42 Å². The molecule has 0 unspecified atom stereocenters. The minimum atomic E-state index is 0.583. The minimum Gasteiger partial charge on any atom is -0.456 e. The number of furan rings is 1. The molecule has 1 aromatic heterocycles. The summed E-state index contributed by atoms with van der Waals surface area (Å²) in [5.41, 5.74) is 2.85. The van der Waals surface area contributed by atoms with Gasteiger partial charge in [0.1, 0.15) is 0 Å². The van der Waals surface area contributed by atoms with Gasteiger partial charge in [-0.25, -0.2) is 0 Å². The van der Waals surface area contributed by atoms with E-state index in [0.29, 0.717) is 5.76 Å². The molecule has 1 nitrogen and oxygen atoms in total. The number of hydrogen-bond donors (Lipinski definition) is 0. The Morgan fingerprint density at radius 1 is 1.08 bits per heavy atom. The molecule has 0 atom stereocenters. The van der Waals surface area contributed by atoms with Crippen molar-refractivity contribution in [2.75, 3.05) is 0 Å². The Morgan fingerprint density at radius 2 is 1.85 bits per heavy atom. The lowest BCUT2D eigenvalue weighted by Gasteiger charge is -1.69. The molecular weight excluding hydrogens is 160 g/mol. The molecule has 0 bridgehead atoms. The molecule has 0 fully saturated rings. The van der Waals surface area contributed by atoms with Gasteiger partial charge in [0.25, 0.3) is 0 Å². The van der Waals surface area contributed by atoms with E-state index in [1.165, 1.54) is 11.1 Å². The van der Waals surface area contributed by atoms with Gasteiger partial charge in [0.15, 0.2) is 5.76 Å². The molecule has 1 heteroatoms. The van der Waals surface area contributed by atoms with Crippen molar-refractivity contribution in [1.82, 2.24) is 0 Å². The Bertz CT molecular complexity index is 415. The molecule has 2 aliphatic rings. The fourth-order valence-corrected chi connectivity index (χ4v) is 1.04. The molecule has 13 heavy (non-hydrogen) atoms. The third kappa shape index (κ3) is 1.80. The average molecular weight is 168 g/mol. The molecule has 3 rings (SSSR count). The fraction of sp³-hybridized carbons (Fsp3) is 0. The summed E-state index contributed by atoms with van der Waals surface area (Å²) in [4.78, 5) is 0. The number of rotatable bonds is 0. The number of fused-ring (bicyclic) bond motifs is 1. The van der Waals surface area contributed by atoms with Gasteiger partial charge in [-0.2, -0.15) is 0 Å². The monoisotopic (exact) mass is 168 g/mol. The number of benzene rings is 1. The van der Waals surface area contributed by atoms with Gasteiger partial charge in [-0.05, 0) is 35.2 Å². The third-order valence-corrected chi connectivity index (χ3v) is 1.78. The van der Waals surface area contributed by atoms with Crippen molar-refractivity contribution >= 4 is 0 Å². The van der Waals surface area contributed by atoms with Crippen LogP contribution in [-0.4, -0.2) is 0 Å². The third-order valence-electron chi connectivity index (χ3n) is 1.78. The first-order chi connectivity index (χ1) is 6.40. The normalized spacial score (nSPS) is 9.46. The summed E-state index contributed by atoms with van der Waals surface area (Å²) in [5, 5.41) is 0. The number of terminal acetylenes is 1. The van der Waals surface area contributed by atoms with Crippen molar-refractivity contribution in [3.8, 4) is 23.5 Å². The second kappa shape index (κ2) is 3.20. The highest BCUT2D eigenvalue weighted by Crippen LogP contribution is 2.32. The lowest BCUT2D eigenvalue weighted by Crippen LogP contribution is -1.54. The van der Waals surface area contributed by atoms with Crippen molar-refractivity contribution < 1.29 is 4.42 Å². The van der Waals surface area contributed by atoms with Gasteiger partial charge >= 0.3 is 0 Å². The zero-order valence-corrected chi connectivity index (χ0v) is 7.03. The molecule has 0 saturated carbocycles. The summed E-state index contributed by atoms with van der Waals surface area (Å²) in [7, 11) is 0. The highest BCUT2D eigenvalue weighted by molar-refractivity contribution is 5.80. The molecule has 0 aromatic carbocycles. The Balaban J connectivity index is 0.000000101. The average Bonchev–Trinajstić information content (AvgIpc) is 2.65. The molecule has 2 aliphatic carbocycles. The van der Waals surface area contributed by atoms with Gasteiger partial charge in [-0.15, -0.1) is 6.42 Å². The second-order valence-corrected chi connectivity index (χ2v) is 2.70. The summed E-state index contributed by atoms with van der Waals surface area (Å²) in [6.07, 6.45) is 6.50. The van der Waals surface area contributed by atoms with E-state index in [2.05, 4.69) is 30.2 Å². The maximum atomic E-state index is 4.95. The summed E-state index contributed by atoms with van der Waals surface area (Å²) in [6, 6.07) is 12.0. The molecule has 0 aliphatic heterocycles. The van der Waals surface area contributed by atoms with Crippen LogP contribution in [0.25, 0.3) is 11.1 Å². The highest BCUT2D eigenvalue weighted by Gasteiger charge is 2.06. The molecule has 0 radical (unpaired) electrons. The second-order valence-electron chi connectivity index (χ2n) is 2.70. The standard InChI is InChI=1S/C6H4O.C6H4/c1-2-6-4-3-5-7-6;1-2-5-4-6(5)3-1/h1,3-5H;1-4H.